The van der Waals surface area contributed by atoms with Crippen molar-refractivity contribution in [3.63, 3.8) is 0 Å². The van der Waals surface area contributed by atoms with Crippen LogP contribution in [0.3, 0.4) is 0 Å². The van der Waals surface area contributed by atoms with Gasteiger partial charge in [0.15, 0.2) is 0 Å². The molecule has 2 rings (SSSR count). The minimum Gasteiger partial charge on any atom is -0.343 e. The number of likely N-dealkylation sites (N-methyl/N-ethyl adjacent to an activating group) is 1. The predicted octanol–water partition coefficient (Wildman–Crippen LogP) is 5.25. The van der Waals surface area contributed by atoms with Crippen LogP contribution in [-0.2, 0) is 4.79 Å². The highest BCUT2D eigenvalue weighted by Gasteiger charge is 2.20. The minimum absolute atomic E-state index is 0.177. The summed E-state index contributed by atoms with van der Waals surface area (Å²) < 4.78 is 0. The first-order chi connectivity index (χ1) is 12.2. The first-order valence-electron chi connectivity index (χ1n) is 7.64. The van der Waals surface area contributed by atoms with Crippen LogP contribution in [0.5, 0.6) is 0 Å². The van der Waals surface area contributed by atoms with Gasteiger partial charge in [-0.2, -0.15) is 0 Å². The zero-order valence-electron chi connectivity index (χ0n) is 14.0. The molecule has 0 saturated heterocycles. The molecule has 0 saturated carbocycles. The molecule has 1 unspecified atom stereocenters. The SMILES string of the molecule is CC(c1ccc(Cl)cc1Cl)N(C)C(=O)CNC(=O)c1ccc(Cl)cc1Cl. The maximum absolute atomic E-state index is 12.4. The molecule has 1 N–H and O–H groups in total. The lowest BCUT2D eigenvalue weighted by Gasteiger charge is -2.26. The topological polar surface area (TPSA) is 49.4 Å². The van der Waals surface area contributed by atoms with Crippen LogP contribution in [0.15, 0.2) is 36.4 Å². The van der Waals surface area contributed by atoms with Gasteiger partial charge in [0.25, 0.3) is 5.91 Å². The van der Waals surface area contributed by atoms with Crippen molar-refractivity contribution in [2.75, 3.05) is 13.6 Å². The van der Waals surface area contributed by atoms with Crippen molar-refractivity contribution in [1.29, 1.82) is 0 Å². The van der Waals surface area contributed by atoms with Gasteiger partial charge in [-0.05, 0) is 42.8 Å². The number of hydrogen-bond acceptors (Lipinski definition) is 2. The second kappa shape index (κ2) is 8.96. The molecule has 0 radical (unpaired) electrons. The molecule has 1 atom stereocenters. The Hall–Kier alpha value is -1.46. The number of carbonyl (C=O) groups is 2. The number of amides is 2. The van der Waals surface area contributed by atoms with Crippen LogP contribution in [0.1, 0.15) is 28.9 Å². The number of hydrogen-bond donors (Lipinski definition) is 1. The second-order valence-electron chi connectivity index (χ2n) is 5.65. The molecule has 0 aliphatic heterocycles. The van der Waals surface area contributed by atoms with E-state index in [9.17, 15) is 9.59 Å². The summed E-state index contributed by atoms with van der Waals surface area (Å²) in [6.07, 6.45) is 0. The molecule has 0 spiro atoms. The van der Waals surface area contributed by atoms with Crippen LogP contribution < -0.4 is 5.32 Å². The Labute approximate surface area is 172 Å². The molecule has 0 bridgehead atoms. The Bertz CT molecular complexity index is 842. The number of rotatable bonds is 5. The van der Waals surface area contributed by atoms with Crippen LogP contribution in [0.4, 0.5) is 0 Å². The summed E-state index contributed by atoms with van der Waals surface area (Å²) in [7, 11) is 1.64. The van der Waals surface area contributed by atoms with Crippen molar-refractivity contribution in [3.8, 4) is 0 Å². The summed E-state index contributed by atoms with van der Waals surface area (Å²) in [5.41, 5.74) is 1.01. The van der Waals surface area contributed by atoms with Crippen LogP contribution in [-0.4, -0.2) is 30.3 Å². The average molecular weight is 434 g/mol. The fourth-order valence-corrected chi connectivity index (χ4v) is 3.38. The van der Waals surface area contributed by atoms with E-state index in [2.05, 4.69) is 5.32 Å². The van der Waals surface area contributed by atoms with Gasteiger partial charge in [0.05, 0.1) is 23.2 Å². The van der Waals surface area contributed by atoms with E-state index in [4.69, 9.17) is 46.4 Å². The van der Waals surface area contributed by atoms with Gasteiger partial charge in [-0.15, -0.1) is 0 Å². The zero-order valence-corrected chi connectivity index (χ0v) is 17.0. The second-order valence-corrected chi connectivity index (χ2v) is 7.34. The van der Waals surface area contributed by atoms with Crippen LogP contribution in [0.25, 0.3) is 0 Å². The molecule has 0 heterocycles. The molecule has 2 aromatic carbocycles. The van der Waals surface area contributed by atoms with Crippen molar-refractivity contribution >= 4 is 58.2 Å². The van der Waals surface area contributed by atoms with Crippen LogP contribution in [0, 0.1) is 0 Å². The maximum Gasteiger partial charge on any atom is 0.253 e. The molecular formula is C18H16Cl4N2O2. The smallest absolute Gasteiger partial charge is 0.253 e. The lowest BCUT2D eigenvalue weighted by Crippen LogP contribution is -2.39. The fourth-order valence-electron chi connectivity index (χ4n) is 2.31. The summed E-state index contributed by atoms with van der Waals surface area (Å²) in [6.45, 7) is 1.66. The van der Waals surface area contributed by atoms with Crippen molar-refractivity contribution in [1.82, 2.24) is 10.2 Å². The Kier molecular flexibility index (Phi) is 7.18. The first-order valence-corrected chi connectivity index (χ1v) is 9.15. The van der Waals surface area contributed by atoms with Gasteiger partial charge in [-0.25, -0.2) is 0 Å². The van der Waals surface area contributed by atoms with Gasteiger partial charge in [0.2, 0.25) is 5.91 Å². The van der Waals surface area contributed by atoms with E-state index in [0.29, 0.717) is 15.1 Å². The van der Waals surface area contributed by atoms with E-state index in [0.717, 1.165) is 5.56 Å². The number of nitrogens with one attached hydrogen (secondary N) is 1. The van der Waals surface area contributed by atoms with Gasteiger partial charge in [0, 0.05) is 22.1 Å². The van der Waals surface area contributed by atoms with Crippen molar-refractivity contribution in [2.24, 2.45) is 0 Å². The van der Waals surface area contributed by atoms with E-state index >= 15 is 0 Å². The van der Waals surface area contributed by atoms with E-state index in [1.807, 2.05) is 6.92 Å². The molecule has 0 fully saturated rings. The molecule has 26 heavy (non-hydrogen) atoms. The number of nitrogens with zero attached hydrogens (tertiary/aromatic N) is 1. The summed E-state index contributed by atoms with van der Waals surface area (Å²) >= 11 is 23.9. The molecule has 2 aromatic rings. The van der Waals surface area contributed by atoms with Crippen molar-refractivity contribution in [3.05, 3.63) is 67.6 Å². The molecule has 138 valence electrons. The van der Waals surface area contributed by atoms with Gasteiger partial charge in [-0.1, -0.05) is 52.5 Å². The molecule has 4 nitrogen and oxygen atoms in total. The lowest BCUT2D eigenvalue weighted by atomic mass is 10.1. The molecule has 0 aromatic heterocycles. The van der Waals surface area contributed by atoms with E-state index in [-0.39, 0.29) is 29.1 Å². The Balaban J connectivity index is 2.01. The summed E-state index contributed by atoms with van der Waals surface area (Å²) in [5, 5.41) is 4.20. The van der Waals surface area contributed by atoms with Gasteiger partial charge in [-0.3, -0.25) is 9.59 Å². The van der Waals surface area contributed by atoms with E-state index < -0.39 is 5.91 Å². The standard InChI is InChI=1S/C18H16Cl4N2O2/c1-10(13-5-3-11(19)7-15(13)21)24(2)17(25)9-23-18(26)14-6-4-12(20)8-16(14)22/h3-8,10H,9H2,1-2H3,(H,23,26). The molecule has 0 aliphatic rings. The Morgan fingerprint density at radius 2 is 1.58 bits per heavy atom. The number of halogens is 4. The lowest BCUT2D eigenvalue weighted by molar-refractivity contribution is -0.130. The third kappa shape index (κ3) is 5.04. The Morgan fingerprint density at radius 3 is 2.15 bits per heavy atom. The Morgan fingerprint density at radius 1 is 1.00 bits per heavy atom. The molecule has 2 amide bonds. The normalized spacial score (nSPS) is 11.8. The van der Waals surface area contributed by atoms with Gasteiger partial charge >= 0.3 is 0 Å². The summed E-state index contributed by atoms with van der Waals surface area (Å²) in [5.74, 6) is -0.729. The third-order valence-corrected chi connectivity index (χ3v) is 5.07. The van der Waals surface area contributed by atoms with Gasteiger partial charge < -0.3 is 10.2 Å². The number of carbonyl (C=O) groups excluding carboxylic acids is 2. The first kappa shape index (κ1) is 20.8. The maximum atomic E-state index is 12.4. The predicted molar refractivity (Wildman–Crippen MR) is 106 cm³/mol. The minimum atomic E-state index is -0.453. The monoisotopic (exact) mass is 432 g/mol. The van der Waals surface area contributed by atoms with Crippen LogP contribution >= 0.6 is 46.4 Å². The van der Waals surface area contributed by atoms with Crippen molar-refractivity contribution in [2.45, 2.75) is 13.0 Å². The largest absolute Gasteiger partial charge is 0.343 e. The zero-order chi connectivity index (χ0) is 19.4. The molecule has 8 heteroatoms. The van der Waals surface area contributed by atoms with E-state index in [1.54, 1.807) is 31.3 Å². The molecular weight excluding hydrogens is 418 g/mol. The quantitative estimate of drug-likeness (QED) is 0.699. The van der Waals surface area contributed by atoms with Crippen LogP contribution in [0.2, 0.25) is 20.1 Å². The third-order valence-electron chi connectivity index (χ3n) is 3.96. The van der Waals surface area contributed by atoms with Crippen molar-refractivity contribution < 1.29 is 9.59 Å². The highest BCUT2D eigenvalue weighted by molar-refractivity contribution is 6.37. The van der Waals surface area contributed by atoms with Gasteiger partial charge in [0.1, 0.15) is 0 Å². The number of benzene rings is 2. The highest BCUT2D eigenvalue weighted by atomic mass is 35.5. The fraction of sp³-hybridized carbons (Fsp3) is 0.222. The van der Waals surface area contributed by atoms with E-state index in [1.165, 1.54) is 17.0 Å². The summed E-state index contributed by atoms with van der Waals surface area (Å²) in [6, 6.07) is 9.34. The summed E-state index contributed by atoms with van der Waals surface area (Å²) in [4.78, 5) is 26.1. The highest BCUT2D eigenvalue weighted by Crippen LogP contribution is 2.29. The average Bonchev–Trinajstić information content (AvgIpc) is 2.58. The molecule has 0 aliphatic carbocycles.